The second-order valence-electron chi connectivity index (χ2n) is 5.82. The van der Waals surface area contributed by atoms with Gasteiger partial charge in [-0.05, 0) is 57.9 Å². The summed E-state index contributed by atoms with van der Waals surface area (Å²) in [5.41, 5.74) is 0.920. The molecule has 0 aliphatic rings. The molecule has 4 heteroatoms. The van der Waals surface area contributed by atoms with Gasteiger partial charge in [-0.3, -0.25) is 0 Å². The molecule has 4 nitrogen and oxygen atoms in total. The van der Waals surface area contributed by atoms with Crippen LogP contribution in [0.1, 0.15) is 38.7 Å². The largest absolute Gasteiger partial charge is 0.493 e. The van der Waals surface area contributed by atoms with Crippen molar-refractivity contribution in [3.05, 3.63) is 23.8 Å². The molecule has 0 unspecified atom stereocenters. The topological polar surface area (TPSA) is 54.3 Å². The quantitative estimate of drug-likeness (QED) is 0.707. The smallest absolute Gasteiger partial charge is 0.161 e. The number of ether oxygens (including phenoxy) is 2. The van der Waals surface area contributed by atoms with Gasteiger partial charge < -0.3 is 14.8 Å². The van der Waals surface area contributed by atoms with Crippen LogP contribution in [0.25, 0.3) is 0 Å². The van der Waals surface area contributed by atoms with Gasteiger partial charge in [0.2, 0.25) is 0 Å². The molecule has 1 N–H and O–H groups in total. The number of hydrogen-bond donors (Lipinski definition) is 1. The SMILES string of the molecule is CNCc1ccc(OC)c(OCCCCC(C)(C)C#N)c1. The van der Waals surface area contributed by atoms with E-state index in [-0.39, 0.29) is 5.41 Å². The molecule has 0 amide bonds. The third-order valence-corrected chi connectivity index (χ3v) is 3.37. The van der Waals surface area contributed by atoms with Crippen molar-refractivity contribution in [1.82, 2.24) is 5.32 Å². The summed E-state index contributed by atoms with van der Waals surface area (Å²) < 4.78 is 11.1. The van der Waals surface area contributed by atoms with Crippen LogP contribution in [0.3, 0.4) is 0 Å². The van der Waals surface area contributed by atoms with E-state index >= 15 is 0 Å². The molecule has 1 aromatic carbocycles. The van der Waals surface area contributed by atoms with Crippen molar-refractivity contribution in [2.75, 3.05) is 20.8 Å². The average Bonchev–Trinajstić information content (AvgIpc) is 2.47. The van der Waals surface area contributed by atoms with Crippen molar-refractivity contribution < 1.29 is 9.47 Å². The molecule has 0 atom stereocenters. The summed E-state index contributed by atoms with van der Waals surface area (Å²) in [5.74, 6) is 1.54. The van der Waals surface area contributed by atoms with Crippen molar-refractivity contribution in [3.63, 3.8) is 0 Å². The van der Waals surface area contributed by atoms with Crippen LogP contribution >= 0.6 is 0 Å². The van der Waals surface area contributed by atoms with E-state index in [9.17, 15) is 0 Å². The van der Waals surface area contributed by atoms with Gasteiger partial charge in [0.1, 0.15) is 0 Å². The fourth-order valence-corrected chi connectivity index (χ4v) is 2.06. The lowest BCUT2D eigenvalue weighted by atomic mass is 9.89. The summed E-state index contributed by atoms with van der Waals surface area (Å²) >= 11 is 0. The Bertz CT molecular complexity index is 478. The van der Waals surface area contributed by atoms with Gasteiger partial charge in [0, 0.05) is 6.54 Å². The standard InChI is InChI=1S/C17H26N2O2/c1-17(2,13-18)9-5-6-10-21-16-11-14(12-19-3)7-8-15(16)20-4/h7-8,11,19H,5-6,9-10,12H2,1-4H3. The highest BCUT2D eigenvalue weighted by Gasteiger charge is 2.15. The average molecular weight is 290 g/mol. The van der Waals surface area contributed by atoms with Gasteiger partial charge in [-0.15, -0.1) is 0 Å². The lowest BCUT2D eigenvalue weighted by Gasteiger charge is -2.15. The third-order valence-electron chi connectivity index (χ3n) is 3.37. The van der Waals surface area contributed by atoms with Crippen molar-refractivity contribution in [2.45, 2.75) is 39.7 Å². The molecule has 0 spiro atoms. The highest BCUT2D eigenvalue weighted by atomic mass is 16.5. The Labute approximate surface area is 128 Å². The predicted octanol–water partition coefficient (Wildman–Crippen LogP) is 3.51. The zero-order valence-corrected chi connectivity index (χ0v) is 13.5. The molecule has 116 valence electrons. The van der Waals surface area contributed by atoms with Crippen LogP contribution in [-0.2, 0) is 6.54 Å². The second-order valence-corrected chi connectivity index (χ2v) is 5.82. The number of nitrogens with zero attached hydrogens (tertiary/aromatic N) is 1. The molecule has 0 radical (unpaired) electrons. The van der Waals surface area contributed by atoms with Gasteiger partial charge in [-0.25, -0.2) is 0 Å². The van der Waals surface area contributed by atoms with E-state index in [0.29, 0.717) is 6.61 Å². The monoisotopic (exact) mass is 290 g/mol. The number of nitriles is 1. The van der Waals surface area contributed by atoms with Crippen LogP contribution in [0.15, 0.2) is 18.2 Å². The summed E-state index contributed by atoms with van der Waals surface area (Å²) in [6.07, 6.45) is 2.81. The molecule has 1 rings (SSSR count). The van der Waals surface area contributed by atoms with Crippen LogP contribution in [0, 0.1) is 16.7 Å². The van der Waals surface area contributed by atoms with Crippen LogP contribution in [0.2, 0.25) is 0 Å². The number of benzene rings is 1. The fourth-order valence-electron chi connectivity index (χ4n) is 2.06. The molecule has 1 aromatic rings. The van der Waals surface area contributed by atoms with Crippen molar-refractivity contribution >= 4 is 0 Å². The van der Waals surface area contributed by atoms with Crippen LogP contribution in [0.5, 0.6) is 11.5 Å². The first-order valence-corrected chi connectivity index (χ1v) is 7.38. The Hall–Kier alpha value is -1.73. The maximum Gasteiger partial charge on any atom is 0.161 e. The van der Waals surface area contributed by atoms with Gasteiger partial charge in [-0.1, -0.05) is 6.07 Å². The zero-order chi connectivity index (χ0) is 15.7. The summed E-state index contributed by atoms with van der Waals surface area (Å²) in [6.45, 7) is 5.38. The third kappa shape index (κ3) is 6.05. The van der Waals surface area contributed by atoms with Gasteiger partial charge >= 0.3 is 0 Å². The minimum absolute atomic E-state index is 0.246. The first-order valence-electron chi connectivity index (χ1n) is 7.38. The van der Waals surface area contributed by atoms with Gasteiger partial charge in [0.05, 0.1) is 25.2 Å². The molecule has 0 heterocycles. The lowest BCUT2D eigenvalue weighted by molar-refractivity contribution is 0.278. The minimum Gasteiger partial charge on any atom is -0.493 e. The van der Waals surface area contributed by atoms with E-state index in [2.05, 4.69) is 11.4 Å². The molecule has 0 saturated carbocycles. The molecule has 21 heavy (non-hydrogen) atoms. The highest BCUT2D eigenvalue weighted by Crippen LogP contribution is 2.28. The Morgan fingerprint density at radius 1 is 1.24 bits per heavy atom. The summed E-state index contributed by atoms with van der Waals surface area (Å²) in [7, 11) is 3.57. The second kappa shape index (κ2) is 8.53. The van der Waals surface area contributed by atoms with Crippen LogP contribution in [-0.4, -0.2) is 20.8 Å². The van der Waals surface area contributed by atoms with Gasteiger partial charge in [-0.2, -0.15) is 5.26 Å². The first kappa shape index (κ1) is 17.3. The zero-order valence-electron chi connectivity index (χ0n) is 13.5. The summed E-state index contributed by atoms with van der Waals surface area (Å²) in [4.78, 5) is 0. The van der Waals surface area contributed by atoms with Crippen molar-refractivity contribution in [2.24, 2.45) is 5.41 Å². The van der Waals surface area contributed by atoms with Crippen molar-refractivity contribution in [1.29, 1.82) is 5.26 Å². The number of hydrogen-bond acceptors (Lipinski definition) is 4. The fraction of sp³-hybridized carbons (Fsp3) is 0.588. The van der Waals surface area contributed by atoms with Crippen LogP contribution in [0.4, 0.5) is 0 Å². The normalized spacial score (nSPS) is 11.0. The maximum atomic E-state index is 8.97. The highest BCUT2D eigenvalue weighted by molar-refractivity contribution is 5.42. The number of nitrogens with one attached hydrogen (secondary N) is 1. The van der Waals surface area contributed by atoms with E-state index < -0.39 is 0 Å². The molecule has 0 bridgehead atoms. The summed E-state index contributed by atoms with van der Waals surface area (Å²) in [5, 5.41) is 12.1. The van der Waals surface area contributed by atoms with Crippen LogP contribution < -0.4 is 14.8 Å². The van der Waals surface area contributed by atoms with Gasteiger partial charge in [0.15, 0.2) is 11.5 Å². The Balaban J connectivity index is 2.47. The van der Waals surface area contributed by atoms with E-state index in [1.54, 1.807) is 7.11 Å². The van der Waals surface area contributed by atoms with E-state index in [1.807, 2.05) is 39.1 Å². The number of unbranched alkanes of at least 4 members (excludes halogenated alkanes) is 1. The summed E-state index contributed by atoms with van der Waals surface area (Å²) in [6, 6.07) is 8.29. The molecule has 0 aliphatic heterocycles. The number of methoxy groups -OCH3 is 1. The molecular formula is C17H26N2O2. The van der Waals surface area contributed by atoms with E-state index in [0.717, 1.165) is 37.3 Å². The molecule has 0 saturated heterocycles. The van der Waals surface area contributed by atoms with Crippen molar-refractivity contribution in [3.8, 4) is 17.6 Å². The number of rotatable bonds is 9. The predicted molar refractivity (Wildman–Crippen MR) is 84.5 cm³/mol. The Morgan fingerprint density at radius 2 is 2.00 bits per heavy atom. The molecule has 0 aromatic heterocycles. The maximum absolute atomic E-state index is 8.97. The lowest BCUT2D eigenvalue weighted by Crippen LogP contribution is -2.09. The Morgan fingerprint density at radius 3 is 2.62 bits per heavy atom. The first-order chi connectivity index (χ1) is 10.0. The molecule has 0 fully saturated rings. The molecule has 0 aliphatic carbocycles. The molecular weight excluding hydrogens is 264 g/mol. The van der Waals surface area contributed by atoms with Gasteiger partial charge in [0.25, 0.3) is 0 Å². The minimum atomic E-state index is -0.246. The van der Waals surface area contributed by atoms with E-state index in [4.69, 9.17) is 14.7 Å². The van der Waals surface area contributed by atoms with E-state index in [1.165, 1.54) is 5.56 Å². The Kier molecular flexibility index (Phi) is 7.04.